The molecule has 0 fully saturated rings. The van der Waals surface area contributed by atoms with Crippen LogP contribution in [0.25, 0.3) is 32.3 Å². The van der Waals surface area contributed by atoms with Crippen LogP contribution < -0.4 is 9.47 Å². The van der Waals surface area contributed by atoms with Crippen LogP contribution in [0.3, 0.4) is 0 Å². The third kappa shape index (κ3) is 4.37. The fourth-order valence-corrected chi connectivity index (χ4v) is 13.1. The molecule has 208 valence electrons. The predicted octanol–water partition coefficient (Wildman–Crippen LogP) is 10.7. The van der Waals surface area contributed by atoms with Crippen molar-refractivity contribution in [2.45, 2.75) is 38.0 Å². The van der Waals surface area contributed by atoms with Crippen LogP contribution >= 0.6 is 23.2 Å². The lowest BCUT2D eigenvalue weighted by molar-refractivity contribution is 0.415. The molecule has 0 aliphatic heterocycles. The second kappa shape index (κ2) is 10.5. The number of methoxy groups -OCH3 is 2. The molecule has 0 saturated carbocycles. The first kappa shape index (κ1) is 27.9. The molecule has 0 aromatic heterocycles. The maximum atomic E-state index is 7.24. The summed E-state index contributed by atoms with van der Waals surface area (Å²) in [6.07, 6.45) is 0. The van der Waals surface area contributed by atoms with Gasteiger partial charge >= 0.3 is 0 Å². The highest BCUT2D eigenvalue weighted by molar-refractivity contribution is 6.82. The Morgan fingerprint density at radius 3 is 1.27 bits per heavy atom. The molecule has 5 heteroatoms. The topological polar surface area (TPSA) is 18.5 Å². The second-order valence-corrected chi connectivity index (χ2v) is 17.2. The van der Waals surface area contributed by atoms with Crippen LogP contribution in [0.1, 0.15) is 47.2 Å². The molecule has 0 N–H and O–H groups in total. The van der Waals surface area contributed by atoms with Crippen LogP contribution in [-0.4, -0.2) is 22.3 Å². The number of rotatable bonds is 6. The summed E-state index contributed by atoms with van der Waals surface area (Å²) in [5.41, 5.74) is 12.7. The molecule has 2 aliphatic carbocycles. The molecule has 4 aromatic carbocycles. The van der Waals surface area contributed by atoms with E-state index in [1.165, 1.54) is 44.5 Å². The molecule has 6 rings (SSSR count). The summed E-state index contributed by atoms with van der Waals surface area (Å²) in [5, 5.41) is 1.77. The summed E-state index contributed by atoms with van der Waals surface area (Å²) in [4.78, 5) is 0. The predicted molar refractivity (Wildman–Crippen MR) is 177 cm³/mol. The van der Waals surface area contributed by atoms with E-state index >= 15 is 0 Å². The van der Waals surface area contributed by atoms with Crippen molar-refractivity contribution in [1.82, 2.24) is 0 Å². The fourth-order valence-electron chi connectivity index (χ4n) is 7.33. The van der Waals surface area contributed by atoms with Crippen molar-refractivity contribution in [2.75, 3.05) is 14.2 Å². The zero-order valence-corrected chi connectivity index (χ0v) is 26.8. The molecule has 0 bridgehead atoms. The van der Waals surface area contributed by atoms with Crippen molar-refractivity contribution in [1.29, 1.82) is 0 Å². The SMILES string of the molecule is COc1ccc(-c2cccc3c2C(Cl)=C(C)C3[Si](C)(C)C2C(C)=C(Cl)c3c(-c4ccc(OC)cc4)cccc32)cc1. The fraction of sp³-hybridized carbons (Fsp3) is 0.222. The van der Waals surface area contributed by atoms with Crippen molar-refractivity contribution < 1.29 is 9.47 Å². The normalized spacial score (nSPS) is 18.0. The number of fused-ring (bicyclic) bond motifs is 2. The minimum Gasteiger partial charge on any atom is -0.497 e. The lowest BCUT2D eigenvalue weighted by Gasteiger charge is -2.39. The van der Waals surface area contributed by atoms with E-state index in [9.17, 15) is 0 Å². The number of ether oxygens (including phenoxy) is 2. The third-order valence-electron chi connectivity index (χ3n) is 9.10. The first-order valence-corrected chi connectivity index (χ1v) is 17.9. The Labute approximate surface area is 254 Å². The average Bonchev–Trinajstić information content (AvgIpc) is 3.42. The lowest BCUT2D eigenvalue weighted by Crippen LogP contribution is -2.42. The Morgan fingerprint density at radius 2 is 0.927 bits per heavy atom. The van der Waals surface area contributed by atoms with E-state index in [1.54, 1.807) is 14.2 Å². The van der Waals surface area contributed by atoms with Gasteiger partial charge in [-0.05, 0) is 82.6 Å². The molecule has 2 unspecified atom stereocenters. The van der Waals surface area contributed by atoms with Gasteiger partial charge in [-0.1, -0.05) is 97.0 Å². The Kier molecular flexibility index (Phi) is 7.18. The van der Waals surface area contributed by atoms with Gasteiger partial charge in [-0.3, -0.25) is 0 Å². The molecular weight excluding hydrogens is 563 g/mol. The summed E-state index contributed by atoms with van der Waals surface area (Å²) in [6.45, 7) is 9.47. The smallest absolute Gasteiger partial charge is 0.118 e. The standard InChI is InChI=1S/C36H34Cl2O2Si/c1-21-33(37)31-27(23-13-17-25(39-3)18-14-23)9-7-11-29(31)35(21)41(5,6)36-22(2)34(38)32-28(10-8-12-30(32)36)24-15-19-26(40-4)20-16-24/h7-20,35-36H,1-6H3. The lowest BCUT2D eigenvalue weighted by atomic mass is 9.96. The molecule has 0 heterocycles. The van der Waals surface area contributed by atoms with E-state index in [2.05, 4.69) is 87.6 Å². The van der Waals surface area contributed by atoms with Gasteiger partial charge in [-0.25, -0.2) is 0 Å². The van der Waals surface area contributed by atoms with Crippen LogP contribution in [0.4, 0.5) is 0 Å². The van der Waals surface area contributed by atoms with Gasteiger partial charge in [-0.2, -0.15) is 0 Å². The van der Waals surface area contributed by atoms with E-state index in [0.29, 0.717) is 0 Å². The largest absolute Gasteiger partial charge is 0.497 e. The average molecular weight is 598 g/mol. The van der Waals surface area contributed by atoms with E-state index in [4.69, 9.17) is 32.7 Å². The summed E-state index contributed by atoms with van der Waals surface area (Å²) in [6, 6.07) is 29.8. The van der Waals surface area contributed by atoms with Gasteiger partial charge in [0, 0.05) is 32.3 Å². The highest BCUT2D eigenvalue weighted by atomic mass is 35.5. The Bertz CT molecular complexity index is 1590. The number of hydrogen-bond donors (Lipinski definition) is 0. The van der Waals surface area contributed by atoms with E-state index in [0.717, 1.165) is 32.7 Å². The third-order valence-corrected chi connectivity index (χ3v) is 14.5. The number of allylic oxidation sites excluding steroid dienone is 2. The molecule has 2 atom stereocenters. The van der Waals surface area contributed by atoms with Gasteiger partial charge in [0.05, 0.1) is 22.3 Å². The zero-order chi connectivity index (χ0) is 29.1. The zero-order valence-electron chi connectivity index (χ0n) is 24.3. The van der Waals surface area contributed by atoms with E-state index < -0.39 is 8.07 Å². The van der Waals surface area contributed by atoms with Gasteiger partial charge in [-0.15, -0.1) is 0 Å². The van der Waals surface area contributed by atoms with Gasteiger partial charge in [0.1, 0.15) is 11.5 Å². The van der Waals surface area contributed by atoms with Crippen LogP contribution in [0.5, 0.6) is 11.5 Å². The van der Waals surface area contributed by atoms with Crippen molar-refractivity contribution >= 4 is 41.3 Å². The number of halogens is 2. The van der Waals surface area contributed by atoms with Crippen LogP contribution in [0.2, 0.25) is 13.1 Å². The van der Waals surface area contributed by atoms with Gasteiger partial charge < -0.3 is 9.47 Å². The summed E-state index contributed by atoms with van der Waals surface area (Å²) in [7, 11) is 1.24. The molecule has 0 amide bonds. The van der Waals surface area contributed by atoms with Gasteiger partial charge in [0.15, 0.2) is 0 Å². The molecule has 2 nitrogen and oxygen atoms in total. The maximum Gasteiger partial charge on any atom is 0.118 e. The monoisotopic (exact) mass is 596 g/mol. The minimum atomic E-state index is -2.15. The Morgan fingerprint density at radius 1 is 0.561 bits per heavy atom. The first-order valence-electron chi connectivity index (χ1n) is 14.0. The summed E-state index contributed by atoms with van der Waals surface area (Å²) >= 11 is 14.5. The van der Waals surface area contributed by atoms with E-state index in [-0.39, 0.29) is 11.1 Å². The van der Waals surface area contributed by atoms with Crippen molar-refractivity contribution in [3.63, 3.8) is 0 Å². The Balaban J connectivity index is 1.47. The second-order valence-electron chi connectivity index (χ2n) is 11.7. The van der Waals surface area contributed by atoms with Crippen molar-refractivity contribution in [3.05, 3.63) is 118 Å². The highest BCUT2D eigenvalue weighted by Crippen LogP contribution is 2.58. The van der Waals surface area contributed by atoms with Crippen LogP contribution in [0, 0.1) is 0 Å². The summed E-state index contributed by atoms with van der Waals surface area (Å²) < 4.78 is 10.8. The molecule has 41 heavy (non-hydrogen) atoms. The molecule has 0 radical (unpaired) electrons. The van der Waals surface area contributed by atoms with Gasteiger partial charge in [0.2, 0.25) is 0 Å². The molecular formula is C36H34Cl2O2Si. The number of benzene rings is 4. The molecule has 0 spiro atoms. The van der Waals surface area contributed by atoms with Crippen molar-refractivity contribution in [2.24, 2.45) is 0 Å². The number of hydrogen-bond acceptors (Lipinski definition) is 2. The molecule has 0 saturated heterocycles. The maximum absolute atomic E-state index is 7.24. The Hall–Kier alpha value is -3.24. The van der Waals surface area contributed by atoms with Crippen LogP contribution in [0.15, 0.2) is 96.1 Å². The first-order chi connectivity index (χ1) is 19.7. The van der Waals surface area contributed by atoms with Gasteiger partial charge in [0.25, 0.3) is 0 Å². The van der Waals surface area contributed by atoms with Crippen molar-refractivity contribution in [3.8, 4) is 33.8 Å². The van der Waals surface area contributed by atoms with E-state index in [1.807, 2.05) is 24.3 Å². The highest BCUT2D eigenvalue weighted by Gasteiger charge is 2.49. The molecule has 2 aliphatic rings. The van der Waals surface area contributed by atoms with Crippen LogP contribution in [-0.2, 0) is 0 Å². The quantitative estimate of drug-likeness (QED) is 0.206. The molecule has 4 aromatic rings. The summed E-state index contributed by atoms with van der Waals surface area (Å²) in [5.74, 6) is 1.69. The minimum absolute atomic E-state index is 0.267.